The van der Waals surface area contributed by atoms with Gasteiger partial charge in [0.2, 0.25) is 0 Å². The normalized spacial score (nSPS) is 17.5. The highest BCUT2D eigenvalue weighted by molar-refractivity contribution is 8.26. The highest BCUT2D eigenvalue weighted by atomic mass is 32.2. The van der Waals surface area contributed by atoms with Gasteiger partial charge in [0.25, 0.3) is 11.6 Å². The molecular weight excluding hydrogens is 340 g/mol. The average Bonchev–Trinajstić information content (AvgIpc) is 2.80. The molecule has 1 atom stereocenters. The van der Waals surface area contributed by atoms with Gasteiger partial charge in [-0.15, -0.1) is 0 Å². The number of carbonyl (C=O) groups is 2. The van der Waals surface area contributed by atoms with E-state index in [1.165, 1.54) is 43.2 Å². The van der Waals surface area contributed by atoms with Crippen LogP contribution in [0, 0.1) is 10.1 Å². The Hall–Kier alpha value is -2.26. The molecule has 2 rings (SSSR count). The minimum atomic E-state index is -0.810. The first-order chi connectivity index (χ1) is 10.8. The van der Waals surface area contributed by atoms with Gasteiger partial charge < -0.3 is 4.74 Å². The fourth-order valence-corrected chi connectivity index (χ4v) is 3.35. The van der Waals surface area contributed by atoms with Crippen LogP contribution >= 0.6 is 24.0 Å². The molecule has 7 nitrogen and oxygen atoms in total. The van der Waals surface area contributed by atoms with Crippen LogP contribution in [-0.4, -0.2) is 39.2 Å². The Morgan fingerprint density at radius 3 is 2.57 bits per heavy atom. The summed E-state index contributed by atoms with van der Waals surface area (Å²) in [6.07, 6.45) is 1.58. The van der Waals surface area contributed by atoms with Crippen molar-refractivity contribution in [3.63, 3.8) is 0 Å². The molecule has 1 amide bonds. The summed E-state index contributed by atoms with van der Waals surface area (Å²) in [7, 11) is 1.24. The molecule has 1 aromatic carbocycles. The van der Waals surface area contributed by atoms with Crippen molar-refractivity contribution < 1.29 is 19.2 Å². The zero-order chi connectivity index (χ0) is 17.1. The number of nitro groups is 1. The van der Waals surface area contributed by atoms with E-state index in [0.717, 1.165) is 11.8 Å². The maximum atomic E-state index is 12.4. The van der Waals surface area contributed by atoms with Gasteiger partial charge in [-0.3, -0.25) is 19.8 Å². The quantitative estimate of drug-likeness (QED) is 0.270. The number of ether oxygens (including phenoxy) is 1. The molecule has 1 fully saturated rings. The molecule has 0 aliphatic carbocycles. The van der Waals surface area contributed by atoms with Crippen molar-refractivity contribution in [3.8, 4) is 0 Å². The average molecular weight is 352 g/mol. The van der Waals surface area contributed by atoms with Crippen molar-refractivity contribution in [1.82, 2.24) is 4.90 Å². The Labute approximate surface area is 141 Å². The monoisotopic (exact) mass is 352 g/mol. The lowest BCUT2D eigenvalue weighted by atomic mass is 10.2. The number of methoxy groups -OCH3 is 1. The highest BCUT2D eigenvalue weighted by Crippen LogP contribution is 2.34. The molecular formula is C14H12N2O5S2. The summed E-state index contributed by atoms with van der Waals surface area (Å²) >= 11 is 6.21. The first kappa shape index (κ1) is 17.1. The van der Waals surface area contributed by atoms with Crippen LogP contribution in [0.1, 0.15) is 12.5 Å². The van der Waals surface area contributed by atoms with Crippen LogP contribution in [0.15, 0.2) is 29.2 Å². The standard InChI is InChI=1S/C14H12N2O5S2/c1-8(13(18)21-2)15-12(17)11(23-14(15)22)7-9-3-5-10(6-4-9)16(19)20/h3-8H,1-2H3/b11-7-/t8-/m0/s1. The number of amides is 1. The van der Waals surface area contributed by atoms with E-state index < -0.39 is 22.8 Å². The van der Waals surface area contributed by atoms with Crippen LogP contribution in [0.2, 0.25) is 0 Å². The lowest BCUT2D eigenvalue weighted by molar-refractivity contribution is -0.384. The van der Waals surface area contributed by atoms with E-state index >= 15 is 0 Å². The van der Waals surface area contributed by atoms with E-state index in [9.17, 15) is 19.7 Å². The number of esters is 1. The molecule has 23 heavy (non-hydrogen) atoms. The molecule has 0 radical (unpaired) electrons. The Bertz CT molecular complexity index is 714. The van der Waals surface area contributed by atoms with Gasteiger partial charge in [-0.2, -0.15) is 0 Å². The maximum absolute atomic E-state index is 12.4. The van der Waals surface area contributed by atoms with E-state index in [-0.39, 0.29) is 10.0 Å². The summed E-state index contributed by atoms with van der Waals surface area (Å²) in [4.78, 5) is 35.7. The van der Waals surface area contributed by atoms with Gasteiger partial charge in [-0.1, -0.05) is 24.0 Å². The molecule has 0 unspecified atom stereocenters. The number of carbonyl (C=O) groups excluding carboxylic acids is 2. The lowest BCUT2D eigenvalue weighted by Gasteiger charge is -2.20. The van der Waals surface area contributed by atoms with Crippen LogP contribution < -0.4 is 0 Å². The molecule has 0 saturated carbocycles. The number of nitro benzene ring substituents is 1. The van der Waals surface area contributed by atoms with Gasteiger partial charge >= 0.3 is 5.97 Å². The summed E-state index contributed by atoms with van der Waals surface area (Å²) in [6.45, 7) is 1.53. The summed E-state index contributed by atoms with van der Waals surface area (Å²) < 4.78 is 4.89. The van der Waals surface area contributed by atoms with E-state index in [1.54, 1.807) is 6.08 Å². The van der Waals surface area contributed by atoms with Crippen LogP contribution in [0.3, 0.4) is 0 Å². The predicted molar refractivity (Wildman–Crippen MR) is 89.6 cm³/mol. The molecule has 1 aliphatic heterocycles. The topological polar surface area (TPSA) is 89.8 Å². The number of hydrogen-bond donors (Lipinski definition) is 0. The summed E-state index contributed by atoms with van der Waals surface area (Å²) in [6, 6.07) is 4.96. The number of thioether (sulfide) groups is 1. The number of nitrogens with zero attached hydrogens (tertiary/aromatic N) is 2. The molecule has 120 valence electrons. The Balaban J connectivity index is 2.24. The van der Waals surface area contributed by atoms with Crippen molar-refractivity contribution in [2.75, 3.05) is 7.11 Å². The SMILES string of the molecule is COC(=O)[C@H](C)N1C(=O)/C(=C/c2ccc([N+](=O)[O-])cc2)SC1=S. The zero-order valence-corrected chi connectivity index (χ0v) is 13.8. The Morgan fingerprint density at radius 2 is 2.04 bits per heavy atom. The van der Waals surface area contributed by atoms with Crippen molar-refractivity contribution in [2.24, 2.45) is 0 Å². The molecule has 9 heteroatoms. The van der Waals surface area contributed by atoms with E-state index in [0.29, 0.717) is 10.5 Å². The van der Waals surface area contributed by atoms with Gasteiger partial charge in [0.1, 0.15) is 10.4 Å². The fourth-order valence-electron chi connectivity index (χ4n) is 1.93. The van der Waals surface area contributed by atoms with E-state index in [2.05, 4.69) is 4.74 Å². The van der Waals surface area contributed by atoms with Crippen LogP contribution in [0.25, 0.3) is 6.08 Å². The molecule has 1 heterocycles. The van der Waals surface area contributed by atoms with E-state index in [1.807, 2.05) is 0 Å². The third-order valence-electron chi connectivity index (χ3n) is 3.15. The largest absolute Gasteiger partial charge is 0.467 e. The zero-order valence-electron chi connectivity index (χ0n) is 12.2. The van der Waals surface area contributed by atoms with Gasteiger partial charge in [-0.25, -0.2) is 4.79 Å². The first-order valence-electron chi connectivity index (χ1n) is 6.44. The third-order valence-corrected chi connectivity index (χ3v) is 4.49. The first-order valence-corrected chi connectivity index (χ1v) is 7.67. The van der Waals surface area contributed by atoms with Crippen molar-refractivity contribution in [3.05, 3.63) is 44.8 Å². The fraction of sp³-hybridized carbons (Fsp3) is 0.214. The number of hydrogen-bond acceptors (Lipinski definition) is 7. The van der Waals surface area contributed by atoms with Gasteiger partial charge in [0.05, 0.1) is 16.9 Å². The van der Waals surface area contributed by atoms with Crippen LogP contribution in [-0.2, 0) is 14.3 Å². The highest BCUT2D eigenvalue weighted by Gasteiger charge is 2.38. The van der Waals surface area contributed by atoms with Crippen molar-refractivity contribution in [1.29, 1.82) is 0 Å². The minimum absolute atomic E-state index is 0.0333. The van der Waals surface area contributed by atoms with Crippen molar-refractivity contribution >= 4 is 51.9 Å². The van der Waals surface area contributed by atoms with E-state index in [4.69, 9.17) is 12.2 Å². The van der Waals surface area contributed by atoms with Gasteiger partial charge in [0, 0.05) is 12.1 Å². The molecule has 0 bridgehead atoms. The molecule has 1 saturated heterocycles. The van der Waals surface area contributed by atoms with Crippen LogP contribution in [0.4, 0.5) is 5.69 Å². The summed E-state index contributed by atoms with van der Waals surface area (Å²) in [5, 5.41) is 10.6. The summed E-state index contributed by atoms with van der Waals surface area (Å²) in [5.41, 5.74) is 0.593. The lowest BCUT2D eigenvalue weighted by Crippen LogP contribution is -2.42. The number of rotatable bonds is 4. The number of thiocarbonyl (C=S) groups is 1. The molecule has 1 aromatic rings. The van der Waals surface area contributed by atoms with Crippen molar-refractivity contribution in [2.45, 2.75) is 13.0 Å². The predicted octanol–water partition coefficient (Wildman–Crippen LogP) is 2.36. The summed E-state index contributed by atoms with van der Waals surface area (Å²) in [5.74, 6) is -0.950. The second-order valence-corrected chi connectivity index (χ2v) is 6.28. The van der Waals surface area contributed by atoms with Gasteiger partial charge in [0.15, 0.2) is 0 Å². The smallest absolute Gasteiger partial charge is 0.328 e. The molecule has 1 aliphatic rings. The Morgan fingerprint density at radius 1 is 1.43 bits per heavy atom. The minimum Gasteiger partial charge on any atom is -0.467 e. The second kappa shape index (κ2) is 6.88. The molecule has 0 N–H and O–H groups in total. The third kappa shape index (κ3) is 3.57. The van der Waals surface area contributed by atoms with Crippen LogP contribution in [0.5, 0.6) is 0 Å². The Kier molecular flexibility index (Phi) is 5.12. The van der Waals surface area contributed by atoms with Gasteiger partial charge in [-0.05, 0) is 30.7 Å². The number of benzene rings is 1. The maximum Gasteiger partial charge on any atom is 0.328 e. The second-order valence-electron chi connectivity index (χ2n) is 4.60. The molecule has 0 aromatic heterocycles. The molecule has 0 spiro atoms. The number of non-ortho nitro benzene ring substituents is 1.